The summed E-state index contributed by atoms with van der Waals surface area (Å²) in [5.74, 6) is 0.462. The first-order chi connectivity index (χ1) is 9.28. The Kier molecular flexibility index (Phi) is 3.21. The summed E-state index contributed by atoms with van der Waals surface area (Å²) in [6.07, 6.45) is 8.18. The summed E-state index contributed by atoms with van der Waals surface area (Å²) in [6, 6.07) is 3.71. The number of amides is 1. The van der Waals surface area contributed by atoms with E-state index in [1.807, 2.05) is 16.7 Å². The molecule has 0 spiro atoms. The number of aromatic nitrogens is 2. The van der Waals surface area contributed by atoms with E-state index in [2.05, 4.69) is 10.3 Å². The summed E-state index contributed by atoms with van der Waals surface area (Å²) >= 11 is 0. The molecule has 0 aromatic carbocycles. The normalized spacial score (nSPS) is 16.5. The van der Waals surface area contributed by atoms with Gasteiger partial charge < -0.3 is 14.8 Å². The molecule has 1 aliphatic rings. The van der Waals surface area contributed by atoms with Gasteiger partial charge in [0, 0.05) is 24.4 Å². The van der Waals surface area contributed by atoms with E-state index in [1.165, 1.54) is 0 Å². The van der Waals surface area contributed by atoms with Crippen LogP contribution in [0.15, 0.2) is 30.9 Å². The van der Waals surface area contributed by atoms with Gasteiger partial charge in [0.25, 0.3) is 5.91 Å². The molecule has 0 aliphatic heterocycles. The zero-order chi connectivity index (χ0) is 13.2. The fourth-order valence-electron chi connectivity index (χ4n) is 2.38. The number of fused-ring (bicyclic) bond motifs is 1. The summed E-state index contributed by atoms with van der Waals surface area (Å²) in [6.45, 7) is 0.114. The Morgan fingerprint density at radius 2 is 2.42 bits per heavy atom. The lowest BCUT2D eigenvalue weighted by atomic mass is 10.1. The minimum absolute atomic E-state index is 0.0750. The minimum Gasteiger partial charge on any atom is -0.396 e. The van der Waals surface area contributed by atoms with Gasteiger partial charge in [-0.05, 0) is 37.3 Å². The average molecular weight is 259 g/mol. The van der Waals surface area contributed by atoms with Crippen LogP contribution in [0, 0.1) is 5.92 Å². The Balaban J connectivity index is 1.74. The molecule has 0 saturated heterocycles. The Bertz CT molecular complexity index is 589. The molecule has 2 aromatic heterocycles. The predicted octanol–water partition coefficient (Wildman–Crippen LogP) is 1.23. The van der Waals surface area contributed by atoms with Gasteiger partial charge in [-0.25, -0.2) is 4.98 Å². The lowest BCUT2D eigenvalue weighted by Gasteiger charge is -2.17. The highest BCUT2D eigenvalue weighted by Gasteiger charge is 2.31. The second kappa shape index (κ2) is 5.01. The molecular weight excluding hydrogens is 242 g/mol. The van der Waals surface area contributed by atoms with Crippen molar-refractivity contribution in [3.63, 3.8) is 0 Å². The third kappa shape index (κ3) is 2.61. The smallest absolute Gasteiger partial charge is 0.251 e. The van der Waals surface area contributed by atoms with Crippen molar-refractivity contribution in [2.75, 3.05) is 6.61 Å². The lowest BCUT2D eigenvalue weighted by molar-refractivity contribution is 0.0924. The molecule has 3 rings (SSSR count). The molecule has 2 aromatic rings. The third-order valence-electron chi connectivity index (χ3n) is 3.62. The SMILES string of the molecule is O=C(NC(CCO)C1CC1)c1ccn2cncc2c1. The van der Waals surface area contributed by atoms with Crippen molar-refractivity contribution in [3.05, 3.63) is 36.4 Å². The molecule has 2 heterocycles. The van der Waals surface area contributed by atoms with Crippen molar-refractivity contribution >= 4 is 11.4 Å². The van der Waals surface area contributed by atoms with Crippen molar-refractivity contribution in [3.8, 4) is 0 Å². The zero-order valence-electron chi connectivity index (χ0n) is 10.6. The van der Waals surface area contributed by atoms with E-state index < -0.39 is 0 Å². The van der Waals surface area contributed by atoms with Gasteiger partial charge in [0.15, 0.2) is 0 Å². The zero-order valence-corrected chi connectivity index (χ0v) is 10.6. The summed E-state index contributed by atoms with van der Waals surface area (Å²) < 4.78 is 1.86. The molecule has 1 fully saturated rings. The lowest BCUT2D eigenvalue weighted by Crippen LogP contribution is -2.37. The van der Waals surface area contributed by atoms with Gasteiger partial charge in [0.2, 0.25) is 0 Å². The van der Waals surface area contributed by atoms with Crippen LogP contribution in [0.4, 0.5) is 0 Å². The van der Waals surface area contributed by atoms with Crippen molar-refractivity contribution in [2.24, 2.45) is 5.92 Å². The minimum atomic E-state index is -0.0750. The highest BCUT2D eigenvalue weighted by Crippen LogP contribution is 2.34. The van der Waals surface area contributed by atoms with Gasteiger partial charge in [-0.1, -0.05) is 0 Å². The van der Waals surface area contributed by atoms with Gasteiger partial charge in [0.05, 0.1) is 18.0 Å². The van der Waals surface area contributed by atoms with Crippen molar-refractivity contribution in [2.45, 2.75) is 25.3 Å². The molecule has 1 atom stereocenters. The number of aliphatic hydroxyl groups excluding tert-OH is 1. The fourth-order valence-corrected chi connectivity index (χ4v) is 2.38. The monoisotopic (exact) mass is 259 g/mol. The number of imidazole rings is 1. The van der Waals surface area contributed by atoms with E-state index in [0.29, 0.717) is 17.9 Å². The Morgan fingerprint density at radius 1 is 1.58 bits per heavy atom. The molecule has 1 aliphatic carbocycles. The second-order valence-corrected chi connectivity index (χ2v) is 5.07. The largest absolute Gasteiger partial charge is 0.396 e. The maximum atomic E-state index is 12.2. The number of hydrogen-bond donors (Lipinski definition) is 2. The molecule has 5 nitrogen and oxygen atoms in total. The molecule has 0 bridgehead atoms. The Hall–Kier alpha value is -1.88. The van der Waals surface area contributed by atoms with Gasteiger partial charge in [0.1, 0.15) is 0 Å². The van der Waals surface area contributed by atoms with Crippen LogP contribution in [0.25, 0.3) is 5.52 Å². The molecule has 1 amide bonds. The van der Waals surface area contributed by atoms with Crippen LogP contribution in [0.2, 0.25) is 0 Å². The molecular formula is C14H17N3O2. The summed E-state index contributed by atoms with van der Waals surface area (Å²) in [5, 5.41) is 12.1. The van der Waals surface area contributed by atoms with E-state index in [1.54, 1.807) is 18.6 Å². The number of carbonyl (C=O) groups is 1. The summed E-state index contributed by atoms with van der Waals surface area (Å²) in [7, 11) is 0. The van der Waals surface area contributed by atoms with E-state index in [9.17, 15) is 4.79 Å². The number of hydrogen-bond acceptors (Lipinski definition) is 3. The number of nitrogens with one attached hydrogen (secondary N) is 1. The topological polar surface area (TPSA) is 66.6 Å². The average Bonchev–Trinajstić information content (AvgIpc) is 3.15. The second-order valence-electron chi connectivity index (χ2n) is 5.07. The molecule has 19 heavy (non-hydrogen) atoms. The summed E-state index contributed by atoms with van der Waals surface area (Å²) in [5.41, 5.74) is 1.54. The van der Waals surface area contributed by atoms with Crippen LogP contribution in [0.1, 0.15) is 29.6 Å². The van der Waals surface area contributed by atoms with Crippen LogP contribution < -0.4 is 5.32 Å². The molecule has 1 unspecified atom stereocenters. The van der Waals surface area contributed by atoms with Gasteiger partial charge >= 0.3 is 0 Å². The molecule has 2 N–H and O–H groups in total. The molecule has 1 saturated carbocycles. The maximum absolute atomic E-state index is 12.2. The first-order valence-electron chi connectivity index (χ1n) is 6.61. The van der Waals surface area contributed by atoms with Crippen molar-refractivity contribution < 1.29 is 9.90 Å². The number of aliphatic hydroxyl groups is 1. The predicted molar refractivity (Wildman–Crippen MR) is 70.9 cm³/mol. The Labute approximate surface area is 111 Å². The third-order valence-corrected chi connectivity index (χ3v) is 3.62. The van der Waals surface area contributed by atoms with Gasteiger partial charge in [-0.15, -0.1) is 0 Å². The molecule has 0 radical (unpaired) electrons. The standard InChI is InChI=1S/C14H17N3O2/c18-6-4-13(10-1-2-10)16-14(19)11-3-5-17-9-15-8-12(17)7-11/h3,5,7-10,13,18H,1-2,4,6H2,(H,16,19). The highest BCUT2D eigenvalue weighted by atomic mass is 16.3. The van der Waals surface area contributed by atoms with Crippen molar-refractivity contribution in [1.82, 2.24) is 14.7 Å². The van der Waals surface area contributed by atoms with Crippen LogP contribution in [0.5, 0.6) is 0 Å². The van der Waals surface area contributed by atoms with Gasteiger partial charge in [-0.2, -0.15) is 0 Å². The molecule has 100 valence electrons. The number of carbonyl (C=O) groups excluding carboxylic acids is 1. The van der Waals surface area contributed by atoms with E-state index in [4.69, 9.17) is 5.11 Å². The summed E-state index contributed by atoms with van der Waals surface area (Å²) in [4.78, 5) is 16.2. The van der Waals surface area contributed by atoms with Crippen LogP contribution in [-0.2, 0) is 0 Å². The Morgan fingerprint density at radius 3 is 3.16 bits per heavy atom. The quantitative estimate of drug-likeness (QED) is 0.848. The van der Waals surface area contributed by atoms with E-state index in [0.717, 1.165) is 18.4 Å². The number of nitrogens with zero attached hydrogens (tertiary/aromatic N) is 2. The maximum Gasteiger partial charge on any atom is 0.251 e. The number of pyridine rings is 1. The van der Waals surface area contributed by atoms with E-state index in [-0.39, 0.29) is 18.6 Å². The van der Waals surface area contributed by atoms with Crippen molar-refractivity contribution in [1.29, 1.82) is 0 Å². The van der Waals surface area contributed by atoms with Crippen LogP contribution >= 0.6 is 0 Å². The van der Waals surface area contributed by atoms with Crippen LogP contribution in [-0.4, -0.2) is 33.0 Å². The number of rotatable bonds is 5. The first kappa shape index (κ1) is 12.2. The van der Waals surface area contributed by atoms with E-state index >= 15 is 0 Å². The fraction of sp³-hybridized carbons (Fsp3) is 0.429. The molecule has 5 heteroatoms. The van der Waals surface area contributed by atoms with Gasteiger partial charge in [-0.3, -0.25) is 4.79 Å². The first-order valence-corrected chi connectivity index (χ1v) is 6.61. The van der Waals surface area contributed by atoms with Crippen LogP contribution in [0.3, 0.4) is 0 Å². The highest BCUT2D eigenvalue weighted by molar-refractivity contribution is 5.95.